The quantitative estimate of drug-likeness (QED) is 0.831. The van der Waals surface area contributed by atoms with Gasteiger partial charge in [0.05, 0.1) is 17.0 Å². The first kappa shape index (κ1) is 10.3. The highest BCUT2D eigenvalue weighted by Crippen LogP contribution is 2.18. The van der Waals surface area contributed by atoms with E-state index in [9.17, 15) is 4.79 Å². The summed E-state index contributed by atoms with van der Waals surface area (Å²) in [7, 11) is 0. The number of rotatable bonds is 2. The zero-order valence-corrected chi connectivity index (χ0v) is 8.71. The highest BCUT2D eigenvalue weighted by Gasteiger charge is 2.08. The lowest BCUT2D eigenvalue weighted by Gasteiger charge is -2.03. The zero-order chi connectivity index (χ0) is 11.5. The number of aromatic nitrogens is 2. The van der Waals surface area contributed by atoms with Crippen LogP contribution in [0.25, 0.3) is 11.4 Å². The summed E-state index contributed by atoms with van der Waals surface area (Å²) in [4.78, 5) is 19.1. The lowest BCUT2D eigenvalue weighted by Crippen LogP contribution is -1.98. The van der Waals surface area contributed by atoms with Gasteiger partial charge >= 0.3 is 5.97 Å². The van der Waals surface area contributed by atoms with E-state index in [-0.39, 0.29) is 5.56 Å². The average Bonchev–Trinajstić information content (AvgIpc) is 2.30. The minimum absolute atomic E-state index is 0.218. The lowest BCUT2D eigenvalue weighted by atomic mass is 10.1. The molecule has 0 saturated heterocycles. The number of aromatic carboxylic acids is 1. The number of nitrogens with zero attached hydrogens (tertiary/aromatic N) is 2. The van der Waals surface area contributed by atoms with Gasteiger partial charge in [-0.25, -0.2) is 4.79 Å². The molecule has 4 nitrogen and oxygen atoms in total. The van der Waals surface area contributed by atoms with Crippen LogP contribution in [-0.2, 0) is 0 Å². The Morgan fingerprint density at radius 2 is 2.06 bits per heavy atom. The maximum Gasteiger partial charge on any atom is 0.335 e. The van der Waals surface area contributed by atoms with Gasteiger partial charge in [0, 0.05) is 12.4 Å². The van der Waals surface area contributed by atoms with Crippen LogP contribution in [0.5, 0.6) is 0 Å². The molecule has 0 aliphatic heterocycles. The SMILES string of the molecule is Cc1cccnc1-c1cc(C(=O)O)ccn1. The molecule has 0 aliphatic carbocycles. The Morgan fingerprint density at radius 3 is 2.75 bits per heavy atom. The topological polar surface area (TPSA) is 63.1 Å². The van der Waals surface area contributed by atoms with Crippen molar-refractivity contribution >= 4 is 5.97 Å². The van der Waals surface area contributed by atoms with Gasteiger partial charge in [-0.2, -0.15) is 0 Å². The van der Waals surface area contributed by atoms with E-state index in [4.69, 9.17) is 5.11 Å². The Hall–Kier alpha value is -2.23. The molecule has 0 fully saturated rings. The van der Waals surface area contributed by atoms with Crippen LogP contribution >= 0.6 is 0 Å². The van der Waals surface area contributed by atoms with Crippen molar-refractivity contribution in [3.63, 3.8) is 0 Å². The van der Waals surface area contributed by atoms with Gasteiger partial charge in [-0.1, -0.05) is 6.07 Å². The van der Waals surface area contributed by atoms with Gasteiger partial charge in [-0.3, -0.25) is 9.97 Å². The third-order valence-electron chi connectivity index (χ3n) is 2.26. The summed E-state index contributed by atoms with van der Waals surface area (Å²) in [6, 6.07) is 6.74. The van der Waals surface area contributed by atoms with Gasteiger partial charge in [-0.05, 0) is 30.7 Å². The molecule has 0 spiro atoms. The minimum Gasteiger partial charge on any atom is -0.478 e. The molecule has 0 atom stereocenters. The smallest absolute Gasteiger partial charge is 0.335 e. The van der Waals surface area contributed by atoms with Crippen molar-refractivity contribution in [2.24, 2.45) is 0 Å². The fourth-order valence-electron chi connectivity index (χ4n) is 1.45. The van der Waals surface area contributed by atoms with Crippen LogP contribution in [0.4, 0.5) is 0 Å². The second-order valence-corrected chi connectivity index (χ2v) is 3.40. The number of carboxylic acid groups (broad SMARTS) is 1. The minimum atomic E-state index is -0.961. The fraction of sp³-hybridized carbons (Fsp3) is 0.0833. The molecule has 2 aromatic rings. The van der Waals surface area contributed by atoms with Crippen LogP contribution in [0.1, 0.15) is 15.9 Å². The lowest BCUT2D eigenvalue weighted by molar-refractivity contribution is 0.0697. The van der Waals surface area contributed by atoms with Gasteiger partial charge < -0.3 is 5.11 Å². The first-order valence-electron chi connectivity index (χ1n) is 4.80. The zero-order valence-electron chi connectivity index (χ0n) is 8.71. The molecule has 0 unspecified atom stereocenters. The summed E-state index contributed by atoms with van der Waals surface area (Å²) < 4.78 is 0. The van der Waals surface area contributed by atoms with Crippen LogP contribution in [0.2, 0.25) is 0 Å². The van der Waals surface area contributed by atoms with Crippen molar-refractivity contribution in [1.82, 2.24) is 9.97 Å². The Bertz CT molecular complexity index is 538. The summed E-state index contributed by atoms with van der Waals surface area (Å²) >= 11 is 0. The van der Waals surface area contributed by atoms with E-state index in [0.717, 1.165) is 5.56 Å². The van der Waals surface area contributed by atoms with Crippen LogP contribution in [0.3, 0.4) is 0 Å². The molecule has 0 saturated carbocycles. The number of hydrogen-bond acceptors (Lipinski definition) is 3. The van der Waals surface area contributed by atoms with Crippen molar-refractivity contribution in [2.75, 3.05) is 0 Å². The van der Waals surface area contributed by atoms with Gasteiger partial charge in [0.1, 0.15) is 0 Å². The second kappa shape index (κ2) is 4.10. The average molecular weight is 214 g/mol. The van der Waals surface area contributed by atoms with E-state index in [2.05, 4.69) is 9.97 Å². The molecule has 80 valence electrons. The molecule has 0 aromatic carbocycles. The number of carbonyl (C=O) groups is 1. The molecule has 1 N–H and O–H groups in total. The molecule has 0 amide bonds. The molecule has 0 bridgehead atoms. The molecular weight excluding hydrogens is 204 g/mol. The van der Waals surface area contributed by atoms with Gasteiger partial charge in [0.2, 0.25) is 0 Å². The van der Waals surface area contributed by atoms with Crippen LogP contribution < -0.4 is 0 Å². The summed E-state index contributed by atoms with van der Waals surface area (Å²) in [6.07, 6.45) is 3.14. The Labute approximate surface area is 92.6 Å². The van der Waals surface area contributed by atoms with E-state index >= 15 is 0 Å². The van der Waals surface area contributed by atoms with E-state index in [0.29, 0.717) is 11.4 Å². The first-order chi connectivity index (χ1) is 7.68. The monoisotopic (exact) mass is 214 g/mol. The third kappa shape index (κ3) is 1.91. The van der Waals surface area contributed by atoms with Gasteiger partial charge in [0.25, 0.3) is 0 Å². The molecule has 2 heterocycles. The van der Waals surface area contributed by atoms with Crippen LogP contribution in [-0.4, -0.2) is 21.0 Å². The largest absolute Gasteiger partial charge is 0.478 e. The van der Waals surface area contributed by atoms with Crippen LogP contribution in [0.15, 0.2) is 36.7 Å². The normalized spacial score (nSPS) is 10.1. The number of pyridine rings is 2. The molecule has 4 heteroatoms. The van der Waals surface area contributed by atoms with Crippen LogP contribution in [0, 0.1) is 6.92 Å². The summed E-state index contributed by atoms with van der Waals surface area (Å²) in [6.45, 7) is 1.91. The number of carboxylic acids is 1. The second-order valence-electron chi connectivity index (χ2n) is 3.40. The standard InChI is InChI=1S/C12H10N2O2/c1-8-3-2-5-14-11(8)10-7-9(12(15)16)4-6-13-10/h2-7H,1H3,(H,15,16). The van der Waals surface area contributed by atoms with Crippen molar-refractivity contribution in [2.45, 2.75) is 6.92 Å². The Balaban J connectivity index is 2.53. The van der Waals surface area contributed by atoms with Crippen molar-refractivity contribution in [3.8, 4) is 11.4 Å². The van der Waals surface area contributed by atoms with Gasteiger partial charge in [-0.15, -0.1) is 0 Å². The molecular formula is C12H10N2O2. The maximum absolute atomic E-state index is 10.8. The molecule has 2 aromatic heterocycles. The third-order valence-corrected chi connectivity index (χ3v) is 2.26. The summed E-state index contributed by atoms with van der Waals surface area (Å²) in [5.74, 6) is -0.961. The molecule has 0 radical (unpaired) electrons. The number of hydrogen-bond donors (Lipinski definition) is 1. The van der Waals surface area contributed by atoms with E-state index in [1.807, 2.05) is 19.1 Å². The van der Waals surface area contributed by atoms with Crippen molar-refractivity contribution < 1.29 is 9.90 Å². The van der Waals surface area contributed by atoms with E-state index < -0.39 is 5.97 Å². The highest BCUT2D eigenvalue weighted by molar-refractivity contribution is 5.88. The maximum atomic E-state index is 10.8. The molecule has 16 heavy (non-hydrogen) atoms. The van der Waals surface area contributed by atoms with Crippen molar-refractivity contribution in [3.05, 3.63) is 47.8 Å². The predicted molar refractivity (Wildman–Crippen MR) is 59.2 cm³/mol. The number of aryl methyl sites for hydroxylation is 1. The predicted octanol–water partition coefficient (Wildman–Crippen LogP) is 2.15. The van der Waals surface area contributed by atoms with Crippen molar-refractivity contribution in [1.29, 1.82) is 0 Å². The van der Waals surface area contributed by atoms with E-state index in [1.54, 1.807) is 6.20 Å². The molecule has 2 rings (SSSR count). The van der Waals surface area contributed by atoms with Gasteiger partial charge in [0.15, 0.2) is 0 Å². The molecule has 0 aliphatic rings. The summed E-state index contributed by atoms with van der Waals surface area (Å²) in [5.41, 5.74) is 2.48. The van der Waals surface area contributed by atoms with E-state index in [1.165, 1.54) is 18.3 Å². The summed E-state index contributed by atoms with van der Waals surface area (Å²) in [5, 5.41) is 8.88. The first-order valence-corrected chi connectivity index (χ1v) is 4.80. The highest BCUT2D eigenvalue weighted by atomic mass is 16.4. The Kier molecular flexibility index (Phi) is 2.64. The fourth-order valence-corrected chi connectivity index (χ4v) is 1.45. The Morgan fingerprint density at radius 1 is 1.25 bits per heavy atom.